The Morgan fingerprint density at radius 1 is 1.03 bits per heavy atom. The highest BCUT2D eigenvalue weighted by Crippen LogP contribution is 2.29. The van der Waals surface area contributed by atoms with Gasteiger partial charge >= 0.3 is 5.97 Å². The number of piperidine rings is 1. The zero-order valence-electron chi connectivity index (χ0n) is 19.9. The maximum Gasteiger partial charge on any atom is 0.309 e. The van der Waals surface area contributed by atoms with Gasteiger partial charge in [0, 0.05) is 18.7 Å². The van der Waals surface area contributed by atoms with E-state index in [9.17, 15) is 13.2 Å². The number of aromatic nitrogens is 4. The van der Waals surface area contributed by atoms with Crippen molar-refractivity contribution in [2.45, 2.75) is 45.4 Å². The average molecular weight is 484 g/mol. The fourth-order valence-electron chi connectivity index (χ4n) is 4.26. The molecule has 1 fully saturated rings. The van der Waals surface area contributed by atoms with E-state index < -0.39 is 10.0 Å². The van der Waals surface area contributed by atoms with E-state index in [1.165, 1.54) is 8.99 Å². The maximum absolute atomic E-state index is 13.5. The number of hydrogen-bond donors (Lipinski definition) is 0. The largest absolute Gasteiger partial charge is 0.466 e. The Bertz CT molecular complexity index is 1280. The molecule has 1 aliphatic rings. The van der Waals surface area contributed by atoms with E-state index in [1.807, 2.05) is 37.3 Å². The maximum atomic E-state index is 13.5. The Labute approximate surface area is 199 Å². The number of ether oxygens (including phenoxy) is 1. The van der Waals surface area contributed by atoms with Crippen molar-refractivity contribution in [3.63, 3.8) is 0 Å². The minimum atomic E-state index is -3.78. The third kappa shape index (κ3) is 4.60. The van der Waals surface area contributed by atoms with Gasteiger partial charge in [-0.15, -0.1) is 10.2 Å². The van der Waals surface area contributed by atoms with Crippen LogP contribution in [0, 0.1) is 26.7 Å². The van der Waals surface area contributed by atoms with Crippen LogP contribution in [0.25, 0.3) is 17.1 Å². The van der Waals surface area contributed by atoms with E-state index in [2.05, 4.69) is 15.3 Å². The molecule has 0 saturated carbocycles. The molecule has 34 heavy (non-hydrogen) atoms. The number of nitrogens with zero attached hydrogens (tertiary/aromatic N) is 5. The third-order valence-corrected chi connectivity index (χ3v) is 8.26. The van der Waals surface area contributed by atoms with Crippen LogP contribution in [0.5, 0.6) is 0 Å². The molecular formula is C24H29N5O4S. The van der Waals surface area contributed by atoms with Gasteiger partial charge in [0.15, 0.2) is 5.82 Å². The summed E-state index contributed by atoms with van der Waals surface area (Å²) in [5.74, 6) is -0.0787. The van der Waals surface area contributed by atoms with Gasteiger partial charge in [-0.1, -0.05) is 29.8 Å². The van der Waals surface area contributed by atoms with Crippen LogP contribution in [0.1, 0.15) is 36.7 Å². The summed E-state index contributed by atoms with van der Waals surface area (Å²) < 4.78 is 35.0. The first-order chi connectivity index (χ1) is 16.2. The van der Waals surface area contributed by atoms with Crippen molar-refractivity contribution < 1.29 is 17.9 Å². The molecule has 0 spiro atoms. The molecule has 4 rings (SSSR count). The number of carbonyl (C=O) groups is 1. The van der Waals surface area contributed by atoms with Gasteiger partial charge in [-0.3, -0.25) is 4.79 Å². The zero-order valence-corrected chi connectivity index (χ0v) is 20.7. The summed E-state index contributed by atoms with van der Waals surface area (Å²) in [6.07, 6.45) is 0.881. The zero-order chi connectivity index (χ0) is 24.5. The Morgan fingerprint density at radius 2 is 1.71 bits per heavy atom. The molecule has 0 unspecified atom stereocenters. The summed E-state index contributed by atoms with van der Waals surface area (Å²) in [7, 11) is -3.78. The van der Waals surface area contributed by atoms with Crippen LogP contribution < -0.4 is 0 Å². The van der Waals surface area contributed by atoms with Crippen LogP contribution in [0.2, 0.25) is 0 Å². The highest BCUT2D eigenvalue weighted by atomic mass is 32.2. The summed E-state index contributed by atoms with van der Waals surface area (Å²) in [5, 5.41) is 13.1. The van der Waals surface area contributed by atoms with E-state index in [4.69, 9.17) is 4.74 Å². The molecule has 1 aromatic carbocycles. The molecule has 0 bridgehead atoms. The van der Waals surface area contributed by atoms with Crippen molar-refractivity contribution in [3.05, 3.63) is 53.3 Å². The minimum Gasteiger partial charge on any atom is -0.466 e. The normalized spacial score (nSPS) is 15.4. The van der Waals surface area contributed by atoms with Crippen LogP contribution in [0.4, 0.5) is 0 Å². The first-order valence-electron chi connectivity index (χ1n) is 11.4. The molecule has 1 aliphatic heterocycles. The van der Waals surface area contributed by atoms with E-state index in [0.29, 0.717) is 36.7 Å². The van der Waals surface area contributed by atoms with E-state index in [0.717, 1.165) is 16.8 Å². The number of benzene rings is 1. The quantitative estimate of drug-likeness (QED) is 0.496. The summed E-state index contributed by atoms with van der Waals surface area (Å²) in [5.41, 5.74) is 3.71. The predicted octanol–water partition coefficient (Wildman–Crippen LogP) is 3.22. The van der Waals surface area contributed by atoms with Crippen molar-refractivity contribution in [2.75, 3.05) is 19.7 Å². The lowest BCUT2D eigenvalue weighted by Gasteiger charge is -2.30. The van der Waals surface area contributed by atoms with Crippen molar-refractivity contribution in [1.29, 1.82) is 0 Å². The first kappa shape index (κ1) is 24.0. The molecule has 0 N–H and O–H groups in total. The SMILES string of the molecule is CCOC(=O)C1CCN(S(=O)(=O)c2c(C)nn(-c3ccc(-c4ccc(C)cc4)nn3)c2C)CC1. The number of aryl methyl sites for hydroxylation is 2. The number of hydrogen-bond acceptors (Lipinski definition) is 7. The summed E-state index contributed by atoms with van der Waals surface area (Å²) in [6, 6.07) is 11.6. The number of carbonyl (C=O) groups excluding carboxylic acids is 1. The monoisotopic (exact) mass is 483 g/mol. The van der Waals surface area contributed by atoms with E-state index in [-0.39, 0.29) is 29.9 Å². The molecule has 180 valence electrons. The highest BCUT2D eigenvalue weighted by Gasteiger charge is 2.36. The molecule has 3 aromatic rings. The Hall–Kier alpha value is -3.11. The van der Waals surface area contributed by atoms with E-state index >= 15 is 0 Å². The second-order valence-corrected chi connectivity index (χ2v) is 10.4. The van der Waals surface area contributed by atoms with Gasteiger partial charge in [0.05, 0.1) is 29.6 Å². The third-order valence-electron chi connectivity index (χ3n) is 6.11. The lowest BCUT2D eigenvalue weighted by atomic mass is 9.98. The Kier molecular flexibility index (Phi) is 6.81. The molecule has 0 amide bonds. The van der Waals surface area contributed by atoms with E-state index in [1.54, 1.807) is 26.8 Å². The molecule has 3 heterocycles. The summed E-state index contributed by atoms with van der Waals surface area (Å²) in [6.45, 7) is 8.03. The van der Waals surface area contributed by atoms with Crippen molar-refractivity contribution in [2.24, 2.45) is 5.92 Å². The molecule has 0 aliphatic carbocycles. The first-order valence-corrected chi connectivity index (χ1v) is 12.8. The molecule has 0 radical (unpaired) electrons. The van der Waals surface area contributed by atoms with Crippen molar-refractivity contribution >= 4 is 16.0 Å². The molecule has 1 saturated heterocycles. The fourth-order valence-corrected chi connectivity index (χ4v) is 6.09. The minimum absolute atomic E-state index is 0.173. The molecule has 0 atom stereocenters. The van der Waals surface area contributed by atoms with Gasteiger partial charge in [0.25, 0.3) is 0 Å². The fraction of sp³-hybridized carbons (Fsp3) is 0.417. The van der Waals surface area contributed by atoms with Gasteiger partial charge in [0.2, 0.25) is 10.0 Å². The Morgan fingerprint density at radius 3 is 2.29 bits per heavy atom. The number of sulfonamides is 1. The highest BCUT2D eigenvalue weighted by molar-refractivity contribution is 7.89. The average Bonchev–Trinajstić information content (AvgIpc) is 3.14. The predicted molar refractivity (Wildman–Crippen MR) is 127 cm³/mol. The lowest BCUT2D eigenvalue weighted by molar-refractivity contribution is -0.149. The van der Waals surface area contributed by atoms with Gasteiger partial charge in [0.1, 0.15) is 4.90 Å². The summed E-state index contributed by atoms with van der Waals surface area (Å²) >= 11 is 0. The summed E-state index contributed by atoms with van der Waals surface area (Å²) in [4.78, 5) is 12.2. The lowest BCUT2D eigenvalue weighted by Crippen LogP contribution is -2.40. The Balaban J connectivity index is 1.56. The molecule has 2 aromatic heterocycles. The van der Waals surface area contributed by atoms with Gasteiger partial charge in [-0.05, 0) is 52.7 Å². The number of esters is 1. The standard InChI is InChI=1S/C24H29N5O4S/c1-5-33-24(30)20-12-14-28(15-13-20)34(31,32)23-17(3)27-29(18(23)4)22-11-10-21(25-26-22)19-8-6-16(2)7-9-19/h6-11,20H,5,12-15H2,1-4H3. The van der Waals surface area contributed by atoms with Gasteiger partial charge in [-0.25, -0.2) is 13.1 Å². The molecular weight excluding hydrogens is 454 g/mol. The van der Waals surface area contributed by atoms with Crippen LogP contribution in [-0.2, 0) is 19.6 Å². The molecule has 10 heteroatoms. The molecule has 9 nitrogen and oxygen atoms in total. The van der Waals surface area contributed by atoms with Gasteiger partial charge < -0.3 is 4.74 Å². The van der Waals surface area contributed by atoms with Crippen LogP contribution in [0.3, 0.4) is 0 Å². The van der Waals surface area contributed by atoms with Gasteiger partial charge in [-0.2, -0.15) is 9.40 Å². The topological polar surface area (TPSA) is 107 Å². The number of rotatable bonds is 6. The van der Waals surface area contributed by atoms with Crippen LogP contribution >= 0.6 is 0 Å². The van der Waals surface area contributed by atoms with Crippen LogP contribution in [-0.4, -0.2) is 58.4 Å². The second-order valence-electron chi connectivity index (χ2n) is 8.48. The van der Waals surface area contributed by atoms with Crippen molar-refractivity contribution in [3.8, 4) is 17.1 Å². The van der Waals surface area contributed by atoms with Crippen LogP contribution in [0.15, 0.2) is 41.3 Å². The van der Waals surface area contributed by atoms with Crippen molar-refractivity contribution in [1.82, 2.24) is 24.3 Å². The smallest absolute Gasteiger partial charge is 0.309 e. The second kappa shape index (κ2) is 9.63.